The number of rotatable bonds is 4. The Kier molecular flexibility index (Phi) is 3.64. The van der Waals surface area contributed by atoms with Crippen molar-refractivity contribution >= 4 is 11.0 Å². The van der Waals surface area contributed by atoms with E-state index in [4.69, 9.17) is 4.74 Å². The van der Waals surface area contributed by atoms with Gasteiger partial charge in [-0.3, -0.25) is 9.36 Å². The van der Waals surface area contributed by atoms with Gasteiger partial charge >= 0.3 is 0 Å². The molecule has 1 aromatic carbocycles. The number of hydrogen-bond donors (Lipinski definition) is 0. The molecule has 5 nitrogen and oxygen atoms in total. The summed E-state index contributed by atoms with van der Waals surface area (Å²) in [6, 6.07) is 11.3. The molecule has 0 atom stereocenters. The predicted molar refractivity (Wildman–Crippen MR) is 80.5 cm³/mol. The predicted octanol–water partition coefficient (Wildman–Crippen LogP) is 2.04. The summed E-state index contributed by atoms with van der Waals surface area (Å²) < 4.78 is 6.75. The van der Waals surface area contributed by atoms with E-state index in [1.165, 1.54) is 0 Å². The van der Waals surface area contributed by atoms with Crippen LogP contribution in [0.1, 0.15) is 5.56 Å². The van der Waals surface area contributed by atoms with E-state index in [1.807, 2.05) is 24.3 Å². The highest BCUT2D eigenvalue weighted by atomic mass is 16.5. The second kappa shape index (κ2) is 5.75. The van der Waals surface area contributed by atoms with Crippen LogP contribution in [0.4, 0.5) is 0 Å². The molecule has 0 radical (unpaired) electrons. The molecule has 0 spiro atoms. The van der Waals surface area contributed by atoms with Crippen LogP contribution < -0.4 is 10.3 Å². The summed E-state index contributed by atoms with van der Waals surface area (Å²) in [5, 5.41) is 0.551. The van der Waals surface area contributed by atoms with Crippen LogP contribution in [0.5, 0.6) is 5.75 Å². The molecule has 2 heterocycles. The number of benzene rings is 1. The molecule has 0 aliphatic rings. The van der Waals surface area contributed by atoms with Crippen LogP contribution in [-0.4, -0.2) is 21.6 Å². The molecule has 0 amide bonds. The fourth-order valence-corrected chi connectivity index (χ4v) is 2.20. The van der Waals surface area contributed by atoms with E-state index in [-0.39, 0.29) is 5.56 Å². The number of hydrogen-bond acceptors (Lipinski definition) is 4. The zero-order valence-corrected chi connectivity index (χ0v) is 11.7. The van der Waals surface area contributed by atoms with Crippen LogP contribution in [0.2, 0.25) is 0 Å². The van der Waals surface area contributed by atoms with Gasteiger partial charge in [0.05, 0.1) is 18.8 Å². The summed E-state index contributed by atoms with van der Waals surface area (Å²) in [6.45, 7) is 0.586. The van der Waals surface area contributed by atoms with Crippen LogP contribution in [0.15, 0.2) is 53.7 Å². The number of aromatic nitrogens is 3. The molecule has 2 aromatic heterocycles. The van der Waals surface area contributed by atoms with Gasteiger partial charge < -0.3 is 4.74 Å². The monoisotopic (exact) mass is 281 g/mol. The van der Waals surface area contributed by atoms with Crippen molar-refractivity contribution in [2.75, 3.05) is 7.11 Å². The van der Waals surface area contributed by atoms with Gasteiger partial charge in [0.2, 0.25) is 0 Å². The Hall–Kier alpha value is -2.69. The van der Waals surface area contributed by atoms with Crippen molar-refractivity contribution < 1.29 is 4.74 Å². The molecule has 0 N–H and O–H groups in total. The Bertz CT molecular complexity index is 810. The van der Waals surface area contributed by atoms with Gasteiger partial charge in [-0.1, -0.05) is 12.1 Å². The van der Waals surface area contributed by atoms with Crippen molar-refractivity contribution in [1.29, 1.82) is 0 Å². The topological polar surface area (TPSA) is 57.0 Å². The van der Waals surface area contributed by atoms with Gasteiger partial charge in [0.1, 0.15) is 5.75 Å². The molecule has 0 fully saturated rings. The van der Waals surface area contributed by atoms with Crippen molar-refractivity contribution in [3.8, 4) is 5.75 Å². The number of methoxy groups -OCH3 is 1. The second-order valence-corrected chi connectivity index (χ2v) is 4.72. The average Bonchev–Trinajstić information content (AvgIpc) is 2.55. The maximum atomic E-state index is 12.3. The lowest BCUT2D eigenvalue weighted by molar-refractivity contribution is 0.414. The van der Waals surface area contributed by atoms with Crippen molar-refractivity contribution in [3.05, 3.63) is 64.8 Å². The Morgan fingerprint density at radius 2 is 1.95 bits per heavy atom. The summed E-state index contributed by atoms with van der Waals surface area (Å²) >= 11 is 0. The first-order chi connectivity index (χ1) is 10.3. The Morgan fingerprint density at radius 1 is 1.14 bits per heavy atom. The first-order valence-electron chi connectivity index (χ1n) is 6.71. The van der Waals surface area contributed by atoms with Gasteiger partial charge in [-0.25, -0.2) is 9.97 Å². The van der Waals surface area contributed by atoms with Crippen molar-refractivity contribution in [2.24, 2.45) is 0 Å². The number of fused-ring (bicyclic) bond motifs is 1. The van der Waals surface area contributed by atoms with E-state index < -0.39 is 0 Å². The molecular weight excluding hydrogens is 266 g/mol. The van der Waals surface area contributed by atoms with Crippen LogP contribution in [0.3, 0.4) is 0 Å². The number of ether oxygens (including phenoxy) is 1. The fourth-order valence-electron chi connectivity index (χ4n) is 2.20. The SMILES string of the molecule is COc1ccc(CCn2cnc3ncccc3c2=O)cc1. The number of nitrogens with zero attached hydrogens (tertiary/aromatic N) is 3. The normalized spacial score (nSPS) is 10.7. The Labute approximate surface area is 121 Å². The molecule has 21 heavy (non-hydrogen) atoms. The van der Waals surface area contributed by atoms with Crippen molar-refractivity contribution in [2.45, 2.75) is 13.0 Å². The van der Waals surface area contributed by atoms with Gasteiger partial charge in [-0.05, 0) is 36.2 Å². The lowest BCUT2D eigenvalue weighted by Crippen LogP contribution is -2.21. The maximum Gasteiger partial charge on any atom is 0.262 e. The highest BCUT2D eigenvalue weighted by Crippen LogP contribution is 2.12. The second-order valence-electron chi connectivity index (χ2n) is 4.72. The van der Waals surface area contributed by atoms with Crippen LogP contribution in [0.25, 0.3) is 11.0 Å². The number of pyridine rings is 1. The summed E-state index contributed by atoms with van der Waals surface area (Å²) in [4.78, 5) is 20.6. The molecule has 0 bridgehead atoms. The molecule has 0 saturated carbocycles. The van der Waals surface area contributed by atoms with E-state index in [0.29, 0.717) is 17.6 Å². The first-order valence-corrected chi connectivity index (χ1v) is 6.71. The third-order valence-corrected chi connectivity index (χ3v) is 3.40. The van der Waals surface area contributed by atoms with Crippen molar-refractivity contribution in [3.63, 3.8) is 0 Å². The van der Waals surface area contributed by atoms with Crippen LogP contribution in [-0.2, 0) is 13.0 Å². The van der Waals surface area contributed by atoms with Gasteiger partial charge in [-0.2, -0.15) is 0 Å². The minimum Gasteiger partial charge on any atom is -0.497 e. The average molecular weight is 281 g/mol. The lowest BCUT2D eigenvalue weighted by Gasteiger charge is -2.07. The number of aryl methyl sites for hydroxylation is 2. The van der Waals surface area contributed by atoms with Crippen LogP contribution >= 0.6 is 0 Å². The van der Waals surface area contributed by atoms with Gasteiger partial charge in [0.15, 0.2) is 5.65 Å². The van der Waals surface area contributed by atoms with Gasteiger partial charge in [0.25, 0.3) is 5.56 Å². The molecule has 3 aromatic rings. The van der Waals surface area contributed by atoms with Crippen LogP contribution in [0, 0.1) is 0 Å². The minimum atomic E-state index is -0.0541. The third kappa shape index (κ3) is 2.76. The van der Waals surface area contributed by atoms with E-state index >= 15 is 0 Å². The molecular formula is C16H15N3O2. The highest BCUT2D eigenvalue weighted by Gasteiger charge is 2.04. The molecule has 0 aliphatic carbocycles. The molecule has 0 aliphatic heterocycles. The standard InChI is InChI=1S/C16H15N3O2/c1-21-13-6-4-12(5-7-13)8-10-19-11-18-15-14(16(19)20)3-2-9-17-15/h2-7,9,11H,8,10H2,1H3. The molecule has 0 unspecified atom stereocenters. The Morgan fingerprint density at radius 3 is 2.71 bits per heavy atom. The Balaban J connectivity index is 1.81. The largest absolute Gasteiger partial charge is 0.497 e. The molecule has 0 saturated heterocycles. The van der Waals surface area contributed by atoms with E-state index in [0.717, 1.165) is 17.7 Å². The fraction of sp³-hybridized carbons (Fsp3) is 0.188. The van der Waals surface area contributed by atoms with Gasteiger partial charge in [0, 0.05) is 12.7 Å². The molecule has 106 valence electrons. The highest BCUT2D eigenvalue weighted by molar-refractivity contribution is 5.72. The van der Waals surface area contributed by atoms with E-state index in [2.05, 4.69) is 9.97 Å². The summed E-state index contributed by atoms with van der Waals surface area (Å²) in [6.07, 6.45) is 3.95. The molecule has 5 heteroatoms. The molecule has 3 rings (SSSR count). The van der Waals surface area contributed by atoms with E-state index in [9.17, 15) is 4.79 Å². The zero-order valence-electron chi connectivity index (χ0n) is 11.7. The van der Waals surface area contributed by atoms with Gasteiger partial charge in [-0.15, -0.1) is 0 Å². The summed E-state index contributed by atoms with van der Waals surface area (Å²) in [5.41, 5.74) is 1.58. The van der Waals surface area contributed by atoms with Crippen molar-refractivity contribution in [1.82, 2.24) is 14.5 Å². The maximum absolute atomic E-state index is 12.3. The smallest absolute Gasteiger partial charge is 0.262 e. The summed E-state index contributed by atoms with van der Waals surface area (Å²) in [7, 11) is 1.64. The lowest BCUT2D eigenvalue weighted by atomic mass is 10.1. The zero-order chi connectivity index (χ0) is 14.7. The third-order valence-electron chi connectivity index (χ3n) is 3.40. The van der Waals surface area contributed by atoms with E-state index in [1.54, 1.807) is 36.3 Å². The quantitative estimate of drug-likeness (QED) is 0.734. The summed E-state index contributed by atoms with van der Waals surface area (Å²) in [5.74, 6) is 0.828. The first kappa shape index (κ1) is 13.3. The minimum absolute atomic E-state index is 0.0541.